The fourth-order valence-corrected chi connectivity index (χ4v) is 1.43. The van der Waals surface area contributed by atoms with E-state index in [9.17, 15) is 4.39 Å². The summed E-state index contributed by atoms with van der Waals surface area (Å²) in [5.41, 5.74) is 6.08. The van der Waals surface area contributed by atoms with E-state index in [4.69, 9.17) is 15.2 Å². The highest BCUT2D eigenvalue weighted by atomic mass is 19.1. The summed E-state index contributed by atoms with van der Waals surface area (Å²) >= 11 is 0. The number of nitrogens with two attached hydrogens (primary N) is 1. The van der Waals surface area contributed by atoms with Crippen molar-refractivity contribution >= 4 is 0 Å². The maximum Gasteiger partial charge on any atom is 0.135 e. The van der Waals surface area contributed by atoms with Gasteiger partial charge in [-0.1, -0.05) is 0 Å². The summed E-state index contributed by atoms with van der Waals surface area (Å²) in [6, 6.07) is 2.60. The lowest BCUT2D eigenvalue weighted by Gasteiger charge is -2.05. The Balaban J connectivity index is 2.53. The first-order valence-electron chi connectivity index (χ1n) is 3.98. The van der Waals surface area contributed by atoms with Crippen LogP contribution in [0.5, 0.6) is 11.5 Å². The molecule has 1 aliphatic heterocycles. The summed E-state index contributed by atoms with van der Waals surface area (Å²) in [6.07, 6.45) is 0. The number of halogens is 1. The number of rotatable bonds is 1. The second kappa shape index (κ2) is 2.88. The second-order valence-electron chi connectivity index (χ2n) is 2.94. The van der Waals surface area contributed by atoms with E-state index in [2.05, 4.69) is 0 Å². The van der Waals surface area contributed by atoms with Crippen LogP contribution in [-0.4, -0.2) is 13.7 Å². The molecule has 1 heterocycles. The van der Waals surface area contributed by atoms with Crippen LogP contribution in [0.25, 0.3) is 0 Å². The molecule has 2 N–H and O–H groups in total. The maximum absolute atomic E-state index is 13.3. The van der Waals surface area contributed by atoms with Crippen LogP contribution >= 0.6 is 0 Å². The van der Waals surface area contributed by atoms with Gasteiger partial charge in [0.1, 0.15) is 23.9 Å². The van der Waals surface area contributed by atoms with Gasteiger partial charge in [0.2, 0.25) is 0 Å². The number of hydrogen-bond acceptors (Lipinski definition) is 3. The molecule has 13 heavy (non-hydrogen) atoms. The number of ether oxygens (including phenoxy) is 2. The third kappa shape index (κ3) is 1.23. The second-order valence-corrected chi connectivity index (χ2v) is 2.94. The van der Waals surface area contributed by atoms with Crippen molar-refractivity contribution in [2.24, 2.45) is 5.73 Å². The van der Waals surface area contributed by atoms with Gasteiger partial charge < -0.3 is 15.2 Å². The Bertz CT molecular complexity index is 341. The highest BCUT2D eigenvalue weighted by molar-refractivity contribution is 5.45. The summed E-state index contributed by atoms with van der Waals surface area (Å²) in [5, 5.41) is 0. The van der Waals surface area contributed by atoms with E-state index >= 15 is 0 Å². The van der Waals surface area contributed by atoms with Crippen molar-refractivity contribution in [2.45, 2.75) is 6.04 Å². The molecule has 0 unspecified atom stereocenters. The lowest BCUT2D eigenvalue weighted by atomic mass is 10.1. The summed E-state index contributed by atoms with van der Waals surface area (Å²) in [5.74, 6) is 0.578. The van der Waals surface area contributed by atoms with Crippen molar-refractivity contribution < 1.29 is 13.9 Å². The lowest BCUT2D eigenvalue weighted by Crippen LogP contribution is -2.12. The minimum atomic E-state index is -0.362. The average molecular weight is 183 g/mol. The first-order chi connectivity index (χ1) is 6.22. The SMILES string of the molecule is COc1cc(F)c2c(c1)OC[C@H]2N. The molecule has 0 saturated heterocycles. The van der Waals surface area contributed by atoms with Gasteiger partial charge >= 0.3 is 0 Å². The van der Waals surface area contributed by atoms with Crippen molar-refractivity contribution in [1.29, 1.82) is 0 Å². The predicted molar refractivity (Wildman–Crippen MR) is 45.4 cm³/mol. The van der Waals surface area contributed by atoms with Crippen LogP contribution in [0, 0.1) is 5.82 Å². The van der Waals surface area contributed by atoms with Crippen molar-refractivity contribution in [3.05, 3.63) is 23.5 Å². The van der Waals surface area contributed by atoms with Crippen LogP contribution in [0.2, 0.25) is 0 Å². The molecule has 0 amide bonds. The van der Waals surface area contributed by atoms with E-state index in [1.165, 1.54) is 13.2 Å². The van der Waals surface area contributed by atoms with Crippen LogP contribution in [0.1, 0.15) is 11.6 Å². The van der Waals surface area contributed by atoms with E-state index in [1.54, 1.807) is 6.07 Å². The smallest absolute Gasteiger partial charge is 0.135 e. The van der Waals surface area contributed by atoms with Crippen molar-refractivity contribution in [1.82, 2.24) is 0 Å². The Morgan fingerprint density at radius 1 is 1.62 bits per heavy atom. The standard InChI is InChI=1S/C9H10FNO2/c1-12-5-2-6(10)9-7(11)4-13-8(9)3-5/h2-3,7H,4,11H2,1H3/t7-/m1/s1. The van der Waals surface area contributed by atoms with Gasteiger partial charge in [-0.15, -0.1) is 0 Å². The first kappa shape index (κ1) is 8.31. The van der Waals surface area contributed by atoms with E-state index in [-0.39, 0.29) is 11.9 Å². The van der Waals surface area contributed by atoms with Gasteiger partial charge in [0.05, 0.1) is 18.7 Å². The molecule has 4 heteroatoms. The largest absolute Gasteiger partial charge is 0.497 e. The van der Waals surface area contributed by atoms with Crippen LogP contribution < -0.4 is 15.2 Å². The predicted octanol–water partition coefficient (Wildman–Crippen LogP) is 1.23. The van der Waals surface area contributed by atoms with E-state index in [0.717, 1.165) is 0 Å². The fraction of sp³-hybridized carbons (Fsp3) is 0.333. The molecule has 3 nitrogen and oxygen atoms in total. The molecular weight excluding hydrogens is 173 g/mol. The van der Waals surface area contributed by atoms with E-state index < -0.39 is 0 Å². The normalized spacial score (nSPS) is 19.5. The molecule has 1 atom stereocenters. The van der Waals surface area contributed by atoms with Crippen LogP contribution in [0.4, 0.5) is 4.39 Å². The summed E-state index contributed by atoms with van der Waals surface area (Å²) < 4.78 is 23.4. The van der Waals surface area contributed by atoms with Crippen LogP contribution in [-0.2, 0) is 0 Å². The van der Waals surface area contributed by atoms with Gasteiger partial charge in [0.15, 0.2) is 0 Å². The Labute approximate surface area is 75.3 Å². The Kier molecular flexibility index (Phi) is 1.84. The Morgan fingerprint density at radius 3 is 3.08 bits per heavy atom. The molecule has 0 saturated carbocycles. The van der Waals surface area contributed by atoms with Gasteiger partial charge in [-0.25, -0.2) is 4.39 Å². The molecule has 1 aliphatic rings. The molecule has 0 fully saturated rings. The molecule has 70 valence electrons. The zero-order valence-corrected chi connectivity index (χ0v) is 7.21. The van der Waals surface area contributed by atoms with Gasteiger partial charge in [-0.3, -0.25) is 0 Å². The Hall–Kier alpha value is -1.29. The molecule has 0 aromatic heterocycles. The number of fused-ring (bicyclic) bond motifs is 1. The number of hydrogen-bond donors (Lipinski definition) is 1. The maximum atomic E-state index is 13.3. The zero-order chi connectivity index (χ0) is 9.42. The van der Waals surface area contributed by atoms with Crippen molar-refractivity contribution in [3.63, 3.8) is 0 Å². The molecule has 2 rings (SSSR count). The monoisotopic (exact) mass is 183 g/mol. The summed E-state index contributed by atoms with van der Waals surface area (Å²) in [7, 11) is 1.48. The third-order valence-electron chi connectivity index (χ3n) is 2.09. The van der Waals surface area contributed by atoms with Crippen LogP contribution in [0.3, 0.4) is 0 Å². The molecular formula is C9H10FNO2. The van der Waals surface area contributed by atoms with Crippen molar-refractivity contribution in [2.75, 3.05) is 13.7 Å². The molecule has 0 bridgehead atoms. The molecule has 0 radical (unpaired) electrons. The average Bonchev–Trinajstić information content (AvgIpc) is 2.48. The molecule has 1 aromatic carbocycles. The minimum Gasteiger partial charge on any atom is -0.497 e. The summed E-state index contributed by atoms with van der Waals surface area (Å²) in [6.45, 7) is 0.333. The Morgan fingerprint density at radius 2 is 2.38 bits per heavy atom. The van der Waals surface area contributed by atoms with Crippen LogP contribution in [0.15, 0.2) is 12.1 Å². The highest BCUT2D eigenvalue weighted by Crippen LogP contribution is 2.36. The van der Waals surface area contributed by atoms with E-state index in [1.807, 2.05) is 0 Å². The quantitative estimate of drug-likeness (QED) is 0.712. The fourth-order valence-electron chi connectivity index (χ4n) is 1.43. The minimum absolute atomic E-state index is 0.333. The number of methoxy groups -OCH3 is 1. The summed E-state index contributed by atoms with van der Waals surface area (Å²) in [4.78, 5) is 0. The topological polar surface area (TPSA) is 44.5 Å². The molecule has 0 aliphatic carbocycles. The van der Waals surface area contributed by atoms with Crippen molar-refractivity contribution in [3.8, 4) is 11.5 Å². The first-order valence-corrected chi connectivity index (χ1v) is 3.98. The van der Waals surface area contributed by atoms with Gasteiger partial charge in [0, 0.05) is 12.1 Å². The van der Waals surface area contributed by atoms with Gasteiger partial charge in [-0.05, 0) is 0 Å². The third-order valence-corrected chi connectivity index (χ3v) is 2.09. The van der Waals surface area contributed by atoms with Gasteiger partial charge in [-0.2, -0.15) is 0 Å². The van der Waals surface area contributed by atoms with E-state index in [0.29, 0.717) is 23.7 Å². The van der Waals surface area contributed by atoms with Gasteiger partial charge in [0.25, 0.3) is 0 Å². The molecule has 1 aromatic rings. The highest BCUT2D eigenvalue weighted by Gasteiger charge is 2.25. The lowest BCUT2D eigenvalue weighted by molar-refractivity contribution is 0.331. The number of benzene rings is 1. The molecule has 0 spiro atoms. The zero-order valence-electron chi connectivity index (χ0n) is 7.21.